The van der Waals surface area contributed by atoms with Gasteiger partial charge in [0.15, 0.2) is 11.5 Å². The summed E-state index contributed by atoms with van der Waals surface area (Å²) in [5, 5.41) is 13.6. The monoisotopic (exact) mass is 381 g/mol. The molecule has 2 aromatic rings. The molecule has 3 rings (SSSR count). The molecule has 0 spiro atoms. The van der Waals surface area contributed by atoms with Gasteiger partial charge in [-0.2, -0.15) is 5.10 Å². The summed E-state index contributed by atoms with van der Waals surface area (Å²) < 4.78 is 5.31. The molecule has 1 atom stereocenters. The number of ether oxygens (including phenoxy) is 1. The molecule has 1 aliphatic heterocycles. The number of hydrogen-bond donors (Lipinski definition) is 2. The summed E-state index contributed by atoms with van der Waals surface area (Å²) in [6.07, 6.45) is 1.87. The average Bonchev–Trinajstić information content (AvgIpc) is 3.05. The fourth-order valence-corrected chi connectivity index (χ4v) is 3.14. The molecule has 0 aliphatic carbocycles. The number of benzene rings is 2. The first-order valence-electron chi connectivity index (χ1n) is 9.17. The Hall–Kier alpha value is -3.35. The molecule has 2 N–H and O–H groups in total. The molecule has 7 heteroatoms. The number of carbonyl (C=O) groups is 2. The maximum atomic E-state index is 12.2. The van der Waals surface area contributed by atoms with Crippen molar-refractivity contribution in [2.24, 2.45) is 5.10 Å². The first kappa shape index (κ1) is 19.4. The highest BCUT2D eigenvalue weighted by Gasteiger charge is 2.31. The maximum Gasteiger partial charge on any atom is 0.259 e. The van der Waals surface area contributed by atoms with Gasteiger partial charge in [0.25, 0.3) is 5.91 Å². The predicted octanol–water partition coefficient (Wildman–Crippen LogP) is 2.26. The van der Waals surface area contributed by atoms with Gasteiger partial charge >= 0.3 is 0 Å². The highest BCUT2D eigenvalue weighted by atomic mass is 16.5. The van der Waals surface area contributed by atoms with Gasteiger partial charge in [0.1, 0.15) is 6.54 Å². The molecule has 2 aromatic carbocycles. The van der Waals surface area contributed by atoms with Crippen LogP contribution < -0.4 is 10.2 Å². The minimum Gasteiger partial charge on any atom is -0.504 e. The number of likely N-dealkylation sites (tertiary alicyclic amines) is 1. The smallest absolute Gasteiger partial charge is 0.259 e. The zero-order valence-electron chi connectivity index (χ0n) is 15.7. The van der Waals surface area contributed by atoms with E-state index in [-0.39, 0.29) is 30.0 Å². The summed E-state index contributed by atoms with van der Waals surface area (Å²) in [6.45, 7) is 2.75. The van der Waals surface area contributed by atoms with Crippen molar-refractivity contribution in [1.29, 1.82) is 0 Å². The third-order valence-electron chi connectivity index (χ3n) is 4.51. The molecule has 0 radical (unpaired) electrons. The lowest BCUT2D eigenvalue weighted by Crippen LogP contribution is -2.36. The third kappa shape index (κ3) is 4.88. The van der Waals surface area contributed by atoms with Crippen molar-refractivity contribution in [2.75, 3.05) is 19.7 Å². The van der Waals surface area contributed by atoms with Crippen molar-refractivity contribution in [2.45, 2.75) is 19.3 Å². The maximum absolute atomic E-state index is 12.2. The van der Waals surface area contributed by atoms with Crippen molar-refractivity contribution in [1.82, 2.24) is 10.3 Å². The number of hydrogen-bond acceptors (Lipinski definition) is 5. The van der Waals surface area contributed by atoms with Gasteiger partial charge in [0.05, 0.1) is 12.8 Å². The van der Waals surface area contributed by atoms with Crippen molar-refractivity contribution >= 4 is 18.0 Å². The Morgan fingerprint density at radius 3 is 2.86 bits per heavy atom. The molecule has 0 bridgehead atoms. The van der Waals surface area contributed by atoms with Crippen LogP contribution >= 0.6 is 0 Å². The van der Waals surface area contributed by atoms with Gasteiger partial charge in [-0.15, -0.1) is 0 Å². The summed E-state index contributed by atoms with van der Waals surface area (Å²) in [7, 11) is 0. The summed E-state index contributed by atoms with van der Waals surface area (Å²) in [5.74, 6) is 0.116. The lowest BCUT2D eigenvalue weighted by Gasteiger charge is -2.15. The van der Waals surface area contributed by atoms with Crippen LogP contribution in [0.2, 0.25) is 0 Å². The Labute approximate surface area is 163 Å². The van der Waals surface area contributed by atoms with Gasteiger partial charge in [-0.25, -0.2) is 5.43 Å². The Balaban J connectivity index is 1.52. The standard InChI is InChI=1S/C21H23N3O4/c1-2-28-19-10-15(8-9-18(19)25)12-22-23-20(26)14-24-13-17(11-21(24)27)16-6-4-3-5-7-16/h3-10,12,17,25H,2,11,13-14H2,1H3,(H,23,26)/b22-12-/t17-/m1/s1. The highest BCUT2D eigenvalue weighted by molar-refractivity contribution is 5.88. The van der Waals surface area contributed by atoms with Crippen molar-refractivity contribution in [3.63, 3.8) is 0 Å². The predicted molar refractivity (Wildman–Crippen MR) is 105 cm³/mol. The van der Waals surface area contributed by atoms with Crippen LogP contribution in [0.4, 0.5) is 0 Å². The van der Waals surface area contributed by atoms with Gasteiger partial charge in [0, 0.05) is 18.9 Å². The number of amides is 2. The number of aromatic hydroxyl groups is 1. The van der Waals surface area contributed by atoms with Crippen LogP contribution in [0.3, 0.4) is 0 Å². The second-order valence-corrected chi connectivity index (χ2v) is 6.54. The van der Waals surface area contributed by atoms with Crippen molar-refractivity contribution in [3.8, 4) is 11.5 Å². The number of carbonyl (C=O) groups excluding carboxylic acids is 2. The topological polar surface area (TPSA) is 91.2 Å². The Kier molecular flexibility index (Phi) is 6.26. The van der Waals surface area contributed by atoms with Gasteiger partial charge in [-0.1, -0.05) is 30.3 Å². The second-order valence-electron chi connectivity index (χ2n) is 6.54. The van der Waals surface area contributed by atoms with E-state index in [2.05, 4.69) is 10.5 Å². The fraction of sp³-hybridized carbons (Fsp3) is 0.286. The molecule has 1 aliphatic rings. The molecule has 0 aromatic heterocycles. The molecule has 146 valence electrons. The number of hydrazone groups is 1. The lowest BCUT2D eigenvalue weighted by atomic mass is 9.99. The van der Waals surface area contributed by atoms with Crippen LogP contribution in [0.5, 0.6) is 11.5 Å². The van der Waals surface area contributed by atoms with E-state index in [9.17, 15) is 14.7 Å². The van der Waals surface area contributed by atoms with Gasteiger partial charge < -0.3 is 14.7 Å². The van der Waals surface area contributed by atoms with E-state index in [1.165, 1.54) is 12.3 Å². The van der Waals surface area contributed by atoms with E-state index in [1.54, 1.807) is 17.0 Å². The van der Waals surface area contributed by atoms with Crippen LogP contribution in [-0.2, 0) is 9.59 Å². The zero-order chi connectivity index (χ0) is 19.9. The van der Waals surface area contributed by atoms with E-state index >= 15 is 0 Å². The average molecular weight is 381 g/mol. The summed E-state index contributed by atoms with van der Waals surface area (Å²) in [6, 6.07) is 14.6. The highest BCUT2D eigenvalue weighted by Crippen LogP contribution is 2.28. The third-order valence-corrected chi connectivity index (χ3v) is 4.51. The fourth-order valence-electron chi connectivity index (χ4n) is 3.14. The molecule has 2 amide bonds. The second kappa shape index (κ2) is 9.03. The molecule has 1 fully saturated rings. The van der Waals surface area contributed by atoms with E-state index in [0.29, 0.717) is 30.9 Å². The van der Waals surface area contributed by atoms with Gasteiger partial charge in [-0.3, -0.25) is 9.59 Å². The molecule has 1 saturated heterocycles. The molecular weight excluding hydrogens is 358 g/mol. The molecule has 7 nitrogen and oxygen atoms in total. The summed E-state index contributed by atoms with van der Waals surface area (Å²) >= 11 is 0. The minimum atomic E-state index is -0.359. The first-order chi connectivity index (χ1) is 13.6. The van der Waals surface area contributed by atoms with Crippen molar-refractivity contribution < 1.29 is 19.4 Å². The Bertz CT molecular complexity index is 867. The van der Waals surface area contributed by atoms with Crippen LogP contribution in [0.1, 0.15) is 30.4 Å². The SMILES string of the molecule is CCOc1cc(/C=N\NC(=O)CN2C[C@H](c3ccccc3)CC2=O)ccc1O. The van der Waals surface area contributed by atoms with E-state index in [0.717, 1.165) is 5.56 Å². The molecule has 0 unspecified atom stereocenters. The quantitative estimate of drug-likeness (QED) is 0.568. The van der Waals surface area contributed by atoms with E-state index in [1.807, 2.05) is 37.3 Å². The molecule has 1 heterocycles. The normalized spacial score (nSPS) is 16.5. The number of phenols is 1. The molecule has 0 saturated carbocycles. The molecule has 28 heavy (non-hydrogen) atoms. The minimum absolute atomic E-state index is 0.0285. The van der Waals surface area contributed by atoms with Crippen LogP contribution in [0.25, 0.3) is 0 Å². The van der Waals surface area contributed by atoms with Gasteiger partial charge in [0.2, 0.25) is 5.91 Å². The Morgan fingerprint density at radius 2 is 2.11 bits per heavy atom. The van der Waals surface area contributed by atoms with Crippen LogP contribution in [-0.4, -0.2) is 47.7 Å². The Morgan fingerprint density at radius 1 is 1.32 bits per heavy atom. The van der Waals surface area contributed by atoms with E-state index < -0.39 is 0 Å². The van der Waals surface area contributed by atoms with E-state index in [4.69, 9.17) is 4.74 Å². The van der Waals surface area contributed by atoms with Crippen LogP contribution in [0.15, 0.2) is 53.6 Å². The lowest BCUT2D eigenvalue weighted by molar-refractivity contribution is -0.133. The summed E-state index contributed by atoms with van der Waals surface area (Å²) in [5.41, 5.74) is 4.21. The van der Waals surface area contributed by atoms with Crippen molar-refractivity contribution in [3.05, 3.63) is 59.7 Å². The number of phenolic OH excluding ortho intramolecular Hbond substituents is 1. The van der Waals surface area contributed by atoms with Crippen LogP contribution in [0, 0.1) is 0 Å². The molecular formula is C21H23N3O4. The number of nitrogens with zero attached hydrogens (tertiary/aromatic N) is 2. The van der Waals surface area contributed by atoms with Gasteiger partial charge in [-0.05, 0) is 36.2 Å². The zero-order valence-corrected chi connectivity index (χ0v) is 15.7. The number of rotatable bonds is 7. The number of nitrogens with one attached hydrogen (secondary N) is 1. The largest absolute Gasteiger partial charge is 0.504 e. The summed E-state index contributed by atoms with van der Waals surface area (Å²) in [4.78, 5) is 25.9. The first-order valence-corrected chi connectivity index (χ1v) is 9.17.